The van der Waals surface area contributed by atoms with Gasteiger partial charge in [0.1, 0.15) is 17.3 Å². The van der Waals surface area contributed by atoms with E-state index < -0.39 is 11.8 Å². The van der Waals surface area contributed by atoms with E-state index in [0.29, 0.717) is 23.0 Å². The van der Waals surface area contributed by atoms with Gasteiger partial charge in [0.2, 0.25) is 0 Å². The molecule has 32 heavy (non-hydrogen) atoms. The van der Waals surface area contributed by atoms with Gasteiger partial charge >= 0.3 is 6.03 Å². The van der Waals surface area contributed by atoms with Crippen LogP contribution in [0.4, 0.5) is 20.6 Å². The Kier molecular flexibility index (Phi) is 5.54. The maximum absolute atomic E-state index is 14.3. The van der Waals surface area contributed by atoms with Crippen molar-refractivity contribution in [1.82, 2.24) is 29.8 Å². The number of pyridine rings is 1. The lowest BCUT2D eigenvalue weighted by Gasteiger charge is -2.18. The topological polar surface area (TPSA) is 112 Å². The number of anilines is 2. The molecule has 0 atom stereocenters. The fourth-order valence-electron chi connectivity index (χ4n) is 2.76. The zero-order chi connectivity index (χ0) is 22.7. The summed E-state index contributed by atoms with van der Waals surface area (Å²) in [7, 11) is 0. The van der Waals surface area contributed by atoms with Gasteiger partial charge in [-0.2, -0.15) is 5.10 Å². The first-order valence-electron chi connectivity index (χ1n) is 9.71. The second-order valence-electron chi connectivity index (χ2n) is 7.86. The van der Waals surface area contributed by atoms with Gasteiger partial charge in [-0.3, -0.25) is 4.68 Å². The summed E-state index contributed by atoms with van der Waals surface area (Å²) in [4.78, 5) is 16.5. The number of rotatable bonds is 5. The third-order valence-electron chi connectivity index (χ3n) is 4.32. The Morgan fingerprint density at radius 1 is 1.09 bits per heavy atom. The number of amides is 2. The number of carbonyl (C=O) groups is 1. The van der Waals surface area contributed by atoms with Crippen LogP contribution in [0, 0.1) is 5.82 Å². The monoisotopic (exact) mass is 436 g/mol. The van der Waals surface area contributed by atoms with Crippen molar-refractivity contribution in [2.75, 3.05) is 10.6 Å². The highest BCUT2D eigenvalue weighted by Gasteiger charge is 2.15. The maximum Gasteiger partial charge on any atom is 0.323 e. The van der Waals surface area contributed by atoms with Gasteiger partial charge in [-0.1, -0.05) is 5.21 Å². The van der Waals surface area contributed by atoms with Crippen LogP contribution in [0.2, 0.25) is 0 Å². The number of ether oxygens (including phenoxy) is 1. The van der Waals surface area contributed by atoms with Gasteiger partial charge in [-0.25, -0.2) is 18.9 Å². The largest absolute Gasteiger partial charge is 0.457 e. The molecular formula is C21H21FN8O2. The summed E-state index contributed by atoms with van der Waals surface area (Å²) < 4.78 is 23.3. The Bertz CT molecular complexity index is 1230. The Hall–Kier alpha value is -4.28. The molecule has 1 aromatic carbocycles. The Morgan fingerprint density at radius 2 is 1.91 bits per heavy atom. The number of hydrogen-bond donors (Lipinski definition) is 2. The quantitative estimate of drug-likeness (QED) is 0.485. The lowest BCUT2D eigenvalue weighted by Crippen LogP contribution is -2.22. The van der Waals surface area contributed by atoms with Crippen LogP contribution in [0.15, 0.2) is 61.3 Å². The fourth-order valence-corrected chi connectivity index (χ4v) is 2.76. The van der Waals surface area contributed by atoms with Crippen LogP contribution in [0.1, 0.15) is 20.8 Å². The number of nitrogens with one attached hydrogen (secondary N) is 2. The van der Waals surface area contributed by atoms with E-state index in [0.717, 1.165) is 0 Å². The Morgan fingerprint density at radius 3 is 2.62 bits per heavy atom. The standard InChI is InChI=1S/C21H21FN8O2/c1-21(2,3)30-13-14(12-25-30)26-20(31)27-18-10-15(4-5-17(18)22)32-16-6-7-23-19(11-16)29-9-8-24-28-29/h4-13H,1-3H3,(H2,26,27,31). The van der Waals surface area contributed by atoms with E-state index in [2.05, 4.69) is 31.0 Å². The highest BCUT2D eigenvalue weighted by molar-refractivity contribution is 5.99. The zero-order valence-corrected chi connectivity index (χ0v) is 17.7. The Balaban J connectivity index is 1.45. The molecule has 0 saturated carbocycles. The van der Waals surface area contributed by atoms with Crippen LogP contribution in [-0.2, 0) is 5.54 Å². The lowest BCUT2D eigenvalue weighted by molar-refractivity contribution is 0.262. The highest BCUT2D eigenvalue weighted by atomic mass is 19.1. The van der Waals surface area contributed by atoms with Crippen LogP contribution in [-0.4, -0.2) is 35.8 Å². The van der Waals surface area contributed by atoms with Crippen LogP contribution in [0.5, 0.6) is 11.5 Å². The maximum atomic E-state index is 14.3. The first kappa shape index (κ1) is 21.0. The molecule has 2 amide bonds. The summed E-state index contributed by atoms with van der Waals surface area (Å²) in [5.41, 5.74) is 0.228. The van der Waals surface area contributed by atoms with Crippen LogP contribution in [0.3, 0.4) is 0 Å². The summed E-state index contributed by atoms with van der Waals surface area (Å²) in [6, 6.07) is 6.76. The van der Waals surface area contributed by atoms with E-state index >= 15 is 0 Å². The second-order valence-corrected chi connectivity index (χ2v) is 7.86. The molecule has 11 heteroatoms. The molecule has 164 valence electrons. The second kappa shape index (κ2) is 8.46. The van der Waals surface area contributed by atoms with Crippen LogP contribution in [0.25, 0.3) is 5.82 Å². The predicted octanol–water partition coefficient (Wildman–Crippen LogP) is 4.19. The van der Waals surface area contributed by atoms with Crippen molar-refractivity contribution < 1.29 is 13.9 Å². The van der Waals surface area contributed by atoms with E-state index in [1.54, 1.807) is 35.4 Å². The van der Waals surface area contributed by atoms with Crippen molar-refractivity contribution >= 4 is 17.4 Å². The summed E-state index contributed by atoms with van der Waals surface area (Å²) in [6.45, 7) is 5.97. The summed E-state index contributed by atoms with van der Waals surface area (Å²) >= 11 is 0. The lowest BCUT2D eigenvalue weighted by atomic mass is 10.1. The van der Waals surface area contributed by atoms with Gasteiger partial charge in [0.05, 0.1) is 35.5 Å². The molecule has 0 saturated heterocycles. The van der Waals surface area contributed by atoms with Crippen molar-refractivity contribution in [3.63, 3.8) is 0 Å². The number of benzene rings is 1. The molecule has 0 unspecified atom stereocenters. The molecule has 10 nitrogen and oxygen atoms in total. The third kappa shape index (κ3) is 4.89. The number of halogens is 1. The normalized spacial score (nSPS) is 11.2. The highest BCUT2D eigenvalue weighted by Crippen LogP contribution is 2.27. The van der Waals surface area contributed by atoms with E-state index in [9.17, 15) is 9.18 Å². The van der Waals surface area contributed by atoms with Crippen molar-refractivity contribution in [2.45, 2.75) is 26.3 Å². The zero-order valence-electron chi connectivity index (χ0n) is 17.7. The minimum Gasteiger partial charge on any atom is -0.457 e. The van der Waals surface area contributed by atoms with Gasteiger partial charge in [0, 0.05) is 24.5 Å². The van der Waals surface area contributed by atoms with E-state index in [4.69, 9.17) is 4.74 Å². The van der Waals surface area contributed by atoms with Crippen molar-refractivity contribution in [1.29, 1.82) is 0 Å². The van der Waals surface area contributed by atoms with E-state index in [-0.39, 0.29) is 11.2 Å². The molecule has 0 bridgehead atoms. The third-order valence-corrected chi connectivity index (χ3v) is 4.32. The van der Waals surface area contributed by atoms with Crippen molar-refractivity contribution in [3.8, 4) is 17.3 Å². The van der Waals surface area contributed by atoms with E-state index in [1.807, 2.05) is 20.8 Å². The molecule has 3 heterocycles. The predicted molar refractivity (Wildman–Crippen MR) is 115 cm³/mol. The molecule has 0 aliphatic carbocycles. The first-order chi connectivity index (χ1) is 15.3. The van der Waals surface area contributed by atoms with Crippen molar-refractivity contribution in [2.24, 2.45) is 0 Å². The molecule has 0 aliphatic rings. The number of hydrogen-bond acceptors (Lipinski definition) is 6. The van der Waals surface area contributed by atoms with Crippen LogP contribution < -0.4 is 15.4 Å². The smallest absolute Gasteiger partial charge is 0.323 e. The number of carbonyl (C=O) groups excluding carboxylic acids is 1. The van der Waals surface area contributed by atoms with Gasteiger partial charge in [-0.15, -0.1) is 5.10 Å². The number of aromatic nitrogens is 6. The van der Waals surface area contributed by atoms with Gasteiger partial charge in [0.15, 0.2) is 5.82 Å². The minimum atomic E-state index is -0.605. The number of nitrogens with zero attached hydrogens (tertiary/aromatic N) is 6. The van der Waals surface area contributed by atoms with E-state index in [1.165, 1.54) is 35.3 Å². The average Bonchev–Trinajstić information content (AvgIpc) is 3.43. The fraction of sp³-hybridized carbons (Fsp3) is 0.190. The molecule has 0 radical (unpaired) electrons. The molecule has 0 fully saturated rings. The summed E-state index contributed by atoms with van der Waals surface area (Å²) in [5, 5.41) is 17.0. The SMILES string of the molecule is CC(C)(C)n1cc(NC(=O)Nc2cc(Oc3ccnc(-n4ccnn4)c3)ccc2F)cn1. The molecule has 4 aromatic rings. The number of urea groups is 1. The summed E-state index contributed by atoms with van der Waals surface area (Å²) in [5.74, 6) is 0.701. The first-order valence-corrected chi connectivity index (χ1v) is 9.71. The molecule has 4 rings (SSSR count). The minimum absolute atomic E-state index is 0.0335. The van der Waals surface area contributed by atoms with Crippen molar-refractivity contribution in [3.05, 3.63) is 67.1 Å². The molecular weight excluding hydrogens is 415 g/mol. The molecule has 0 aliphatic heterocycles. The molecule has 0 spiro atoms. The van der Waals surface area contributed by atoms with Gasteiger partial charge in [0.25, 0.3) is 0 Å². The average molecular weight is 436 g/mol. The van der Waals surface area contributed by atoms with Gasteiger partial charge in [-0.05, 0) is 39.0 Å². The molecule has 3 aromatic heterocycles. The van der Waals surface area contributed by atoms with Crippen LogP contribution >= 0.6 is 0 Å². The molecule has 2 N–H and O–H groups in total. The van der Waals surface area contributed by atoms with Gasteiger partial charge < -0.3 is 15.4 Å². The summed E-state index contributed by atoms with van der Waals surface area (Å²) in [6.07, 6.45) is 7.96. The Labute approximate surface area is 183 Å².